The third-order valence-electron chi connectivity index (χ3n) is 18.9. The Kier molecular flexibility index (Phi) is 22.8. The van der Waals surface area contributed by atoms with Crippen molar-refractivity contribution in [2.75, 3.05) is 27.9 Å². The second kappa shape index (κ2) is 32.9. The average molecular weight is 1500 g/mol. The number of benzene rings is 7. The molecule has 0 radical (unpaired) electrons. The van der Waals surface area contributed by atoms with E-state index in [-0.39, 0.29) is 60.9 Å². The number of anilines is 4. The first-order valence-electron chi connectivity index (χ1n) is 34.3. The minimum absolute atomic E-state index is 0.0516. The Morgan fingerprint density at radius 2 is 0.771 bits per heavy atom. The zero-order valence-electron chi connectivity index (χ0n) is 57.8. The summed E-state index contributed by atoms with van der Waals surface area (Å²) in [5.41, 5.74) is 19.0. The van der Waals surface area contributed by atoms with Crippen molar-refractivity contribution in [2.24, 2.45) is 0 Å². The number of thiophene rings is 1. The monoisotopic (exact) mass is 1500 g/mol. The lowest BCUT2D eigenvalue weighted by atomic mass is 9.91. The van der Waals surface area contributed by atoms with Crippen molar-refractivity contribution in [3.8, 4) is 45.0 Å². The largest absolute Gasteiger partial charge is 0.394 e. The van der Waals surface area contributed by atoms with E-state index < -0.39 is 0 Å². The molecule has 4 aliphatic heterocycles. The fraction of sp³-hybridized carbons (Fsp3) is 0.215. The highest BCUT2D eigenvalue weighted by Crippen LogP contribution is 2.40. The van der Waals surface area contributed by atoms with Crippen LogP contribution in [0.25, 0.3) is 45.0 Å². The van der Waals surface area contributed by atoms with Gasteiger partial charge in [0.2, 0.25) is 0 Å². The number of urea groups is 4. The van der Waals surface area contributed by atoms with Gasteiger partial charge in [-0.3, -0.25) is 20.4 Å². The molecule has 5 aromatic heterocycles. The van der Waals surface area contributed by atoms with E-state index in [4.69, 9.17) is 46.4 Å². The third kappa shape index (κ3) is 16.9. The molecule has 8 amide bonds. The number of aromatic amines is 4. The molecule has 21 nitrogen and oxygen atoms in total. The van der Waals surface area contributed by atoms with E-state index in [1.807, 2.05) is 168 Å². The van der Waals surface area contributed by atoms with Crippen molar-refractivity contribution in [3.63, 3.8) is 0 Å². The topological polar surface area (TPSA) is 264 Å². The van der Waals surface area contributed by atoms with Crippen LogP contribution in [0.4, 0.5) is 41.9 Å². The number of aromatic nitrogens is 8. The number of fused-ring (bicyclic) bond motifs is 4. The summed E-state index contributed by atoms with van der Waals surface area (Å²) in [7, 11) is 0. The van der Waals surface area contributed by atoms with Gasteiger partial charge in [-0.2, -0.15) is 31.7 Å². The normalized spacial score (nSPS) is 16.9. The molecule has 16 rings (SSSR count). The molecule has 0 saturated carbocycles. The Bertz CT molecular complexity index is 5020. The molecule has 0 aliphatic carbocycles. The molecule has 0 bridgehead atoms. The van der Waals surface area contributed by atoms with Crippen LogP contribution in [0.1, 0.15) is 78.8 Å². The van der Waals surface area contributed by atoms with Gasteiger partial charge >= 0.3 is 24.1 Å². The van der Waals surface area contributed by atoms with Crippen molar-refractivity contribution in [1.82, 2.24) is 60.4 Å². The van der Waals surface area contributed by atoms with Gasteiger partial charge in [0, 0.05) is 159 Å². The first kappa shape index (κ1) is 72.6. The molecular weight excluding hydrogens is 1430 g/mol. The van der Waals surface area contributed by atoms with Gasteiger partial charge in [-0.25, -0.2) is 19.2 Å². The molecule has 536 valence electrons. The lowest BCUT2D eigenvalue weighted by molar-refractivity contribution is 0.129. The number of hydrogen-bond acceptors (Lipinski definition) is 10. The van der Waals surface area contributed by atoms with Crippen LogP contribution in [0.3, 0.4) is 0 Å². The Hall–Kier alpha value is -10.7. The summed E-state index contributed by atoms with van der Waals surface area (Å²) in [5.74, 6) is 0. The molecule has 105 heavy (non-hydrogen) atoms. The van der Waals surface area contributed by atoms with Crippen molar-refractivity contribution in [3.05, 3.63) is 270 Å². The van der Waals surface area contributed by atoms with E-state index >= 15 is 0 Å². The van der Waals surface area contributed by atoms with E-state index in [0.717, 1.165) is 109 Å². The molecule has 26 heteroatoms. The smallest absolute Gasteiger partial charge is 0.322 e. The van der Waals surface area contributed by atoms with Crippen molar-refractivity contribution >= 4 is 105 Å². The Morgan fingerprint density at radius 3 is 1.17 bits per heavy atom. The highest BCUT2D eigenvalue weighted by Gasteiger charge is 2.38. The van der Waals surface area contributed by atoms with Crippen molar-refractivity contribution < 1.29 is 24.3 Å². The van der Waals surface area contributed by atoms with Crippen LogP contribution in [0, 0.1) is 0 Å². The molecule has 5 unspecified atom stereocenters. The van der Waals surface area contributed by atoms with Gasteiger partial charge in [0.15, 0.2) is 0 Å². The Labute approximate surface area is 631 Å². The van der Waals surface area contributed by atoms with Crippen LogP contribution < -0.4 is 21.3 Å². The lowest BCUT2D eigenvalue weighted by Crippen LogP contribution is -2.48. The quantitative estimate of drug-likeness (QED) is 0.0664. The summed E-state index contributed by atoms with van der Waals surface area (Å²) >= 11 is 25.7. The molecule has 7 aromatic carbocycles. The van der Waals surface area contributed by atoms with Crippen molar-refractivity contribution in [2.45, 2.75) is 103 Å². The summed E-state index contributed by atoms with van der Waals surface area (Å²) < 4.78 is 0. The molecule has 0 spiro atoms. The average Bonchev–Trinajstić information content (AvgIpc) is 1.74. The van der Waals surface area contributed by atoms with Crippen LogP contribution in [0.2, 0.25) is 20.1 Å². The third-order valence-corrected chi connectivity index (χ3v) is 20.6. The fourth-order valence-corrected chi connectivity index (χ4v) is 15.1. The SMILES string of the molecule is CC1Cc2[nH]nc(-c3ccccc3)c2C(C)N1C(=O)Nc1cccc(Cl)c1.CC1Cc2[nH]nc(-c3ccccc3)c2CN1C(=O)Nc1cccc(Cl)c1.CC1Cc2[nH]nc(-c3ccsc3)c2CN1C(=O)Nc1cccc(Cl)c1.O=C(Nc1cccc(Cl)c1)N1Cc2c(-c3ccccc3)n[nH]c2CC1CO. The fourth-order valence-electron chi connectivity index (χ4n) is 13.7. The first-order valence-corrected chi connectivity index (χ1v) is 36.8. The molecule has 9 heterocycles. The second-order valence-electron chi connectivity index (χ2n) is 26.1. The minimum atomic E-state index is -0.319. The van der Waals surface area contributed by atoms with Crippen LogP contribution in [0.15, 0.2) is 205 Å². The molecule has 0 saturated heterocycles. The molecule has 9 N–H and O–H groups in total. The van der Waals surface area contributed by atoms with Crippen LogP contribution in [-0.4, -0.2) is 120 Å². The van der Waals surface area contributed by atoms with Gasteiger partial charge in [-0.1, -0.05) is 162 Å². The standard InChI is InChI=1S/C21H21ClN4O.C20H19ClN4O2.C20H19ClN4O.C18H17ClN4OS/c1-13-11-18-19(20(25-24-18)15-7-4-3-5-8-15)14(2)26(13)21(27)23-17-10-6-9-16(22)12-17;21-14-7-4-8-15(9-14)22-20(27)25-11-17-18(10-16(25)12-26)23-24-19(17)13-5-2-1-3-6-13;1-13-10-18-17(19(24-23-18)14-6-3-2-4-7-14)12-25(13)20(26)22-16-9-5-8-15(21)11-16;1-11-7-16-15(17(22-21-16)12-5-6-25-10-12)9-23(11)18(24)20-14-4-2-3-13(19)8-14/h3-10,12-14H,11H2,1-2H3,(H,23,27)(H,24,25);1-9,16,26H,10-12H2,(H,22,27)(H,23,24);2-9,11,13H,10,12H2,1H3,(H,22,26)(H,23,24);2-6,8,10-11H,7,9H2,1H3,(H,20,24)(H,21,22). The van der Waals surface area contributed by atoms with E-state index in [0.29, 0.717) is 68.9 Å². The predicted molar refractivity (Wildman–Crippen MR) is 417 cm³/mol. The van der Waals surface area contributed by atoms with Gasteiger partial charge in [0.1, 0.15) is 0 Å². The van der Waals surface area contributed by atoms with Gasteiger partial charge in [0.05, 0.1) is 61.1 Å². The number of carbonyl (C=O) groups is 4. The van der Waals surface area contributed by atoms with Gasteiger partial charge in [0.25, 0.3) is 0 Å². The summed E-state index contributed by atoms with van der Waals surface area (Å²) in [6, 6.07) is 59.6. The molecule has 4 aliphatic rings. The summed E-state index contributed by atoms with van der Waals surface area (Å²) in [4.78, 5) is 58.7. The number of rotatable bonds is 9. The number of nitrogens with zero attached hydrogens (tertiary/aromatic N) is 8. The zero-order valence-corrected chi connectivity index (χ0v) is 61.6. The number of aliphatic hydroxyl groups excluding tert-OH is 1. The molecule has 0 fully saturated rings. The maximum atomic E-state index is 13.0. The van der Waals surface area contributed by atoms with Crippen LogP contribution >= 0.6 is 57.7 Å². The van der Waals surface area contributed by atoms with Gasteiger partial charge < -0.3 is 46.0 Å². The van der Waals surface area contributed by atoms with Crippen LogP contribution in [0.5, 0.6) is 0 Å². The number of aliphatic hydroxyl groups is 1. The van der Waals surface area contributed by atoms with E-state index in [1.165, 1.54) is 0 Å². The van der Waals surface area contributed by atoms with E-state index in [9.17, 15) is 24.3 Å². The first-order chi connectivity index (χ1) is 50.9. The number of halogens is 4. The highest BCUT2D eigenvalue weighted by atomic mass is 35.5. The van der Waals surface area contributed by atoms with Crippen LogP contribution in [-0.2, 0) is 45.3 Å². The maximum absolute atomic E-state index is 13.0. The number of amides is 8. The number of nitrogens with one attached hydrogen (secondary N) is 8. The number of H-pyrrole nitrogens is 4. The number of hydrogen-bond donors (Lipinski definition) is 9. The zero-order chi connectivity index (χ0) is 73.3. The molecular formula is C79H76Cl4N16O5S. The van der Waals surface area contributed by atoms with Crippen molar-refractivity contribution in [1.29, 1.82) is 0 Å². The number of carbonyl (C=O) groups excluding carboxylic acids is 4. The predicted octanol–water partition coefficient (Wildman–Crippen LogP) is 18.4. The van der Waals surface area contributed by atoms with Gasteiger partial charge in [-0.15, -0.1) is 0 Å². The maximum Gasteiger partial charge on any atom is 0.322 e. The summed E-state index contributed by atoms with van der Waals surface area (Å²) in [6.07, 6.45) is 2.77. The van der Waals surface area contributed by atoms with Gasteiger partial charge in [-0.05, 0) is 112 Å². The Balaban J connectivity index is 0.000000124. The van der Waals surface area contributed by atoms with E-state index in [1.54, 1.807) is 76.9 Å². The lowest BCUT2D eigenvalue weighted by Gasteiger charge is -2.39. The minimum Gasteiger partial charge on any atom is -0.394 e. The van der Waals surface area contributed by atoms with E-state index in [2.05, 4.69) is 80.4 Å². The molecule has 5 atom stereocenters. The second-order valence-corrected chi connectivity index (χ2v) is 28.6. The highest BCUT2D eigenvalue weighted by molar-refractivity contribution is 7.08. The summed E-state index contributed by atoms with van der Waals surface area (Å²) in [6.45, 7) is 9.49. The summed E-state index contributed by atoms with van der Waals surface area (Å²) in [5, 5.41) is 58.4. The molecule has 12 aromatic rings. The Morgan fingerprint density at radius 1 is 0.419 bits per heavy atom.